The number of para-hydroxylation sites is 1. The molecule has 1 aliphatic rings. The van der Waals surface area contributed by atoms with Gasteiger partial charge in [0.15, 0.2) is 0 Å². The monoisotopic (exact) mass is 334 g/mol. The van der Waals surface area contributed by atoms with Crippen LogP contribution in [0.4, 0.5) is 0 Å². The molecule has 3 rings (SSSR count). The molecule has 0 bridgehead atoms. The van der Waals surface area contributed by atoms with E-state index in [0.717, 1.165) is 24.1 Å². The molecule has 98 valence electrons. The first kappa shape index (κ1) is 13.1. The van der Waals surface area contributed by atoms with Gasteiger partial charge in [-0.25, -0.2) is 0 Å². The molecule has 0 saturated carbocycles. The van der Waals surface area contributed by atoms with Crippen LogP contribution >= 0.6 is 27.7 Å². The highest BCUT2D eigenvalue weighted by Crippen LogP contribution is 2.37. The number of hydrogen-bond donors (Lipinski definition) is 0. The zero-order valence-corrected chi connectivity index (χ0v) is 12.9. The summed E-state index contributed by atoms with van der Waals surface area (Å²) in [4.78, 5) is 1.41. The summed E-state index contributed by atoms with van der Waals surface area (Å²) in [5.41, 5.74) is 2.66. The van der Waals surface area contributed by atoms with Gasteiger partial charge in [-0.3, -0.25) is 0 Å². The number of alkyl halides is 1. The summed E-state index contributed by atoms with van der Waals surface area (Å²) in [6, 6.07) is 16.9. The van der Waals surface area contributed by atoms with Gasteiger partial charge in [0.05, 0.1) is 0 Å². The van der Waals surface area contributed by atoms with Gasteiger partial charge in [-0.15, -0.1) is 11.8 Å². The summed E-state index contributed by atoms with van der Waals surface area (Å²) in [5.74, 6) is 0.996. The molecule has 2 aromatic carbocycles. The van der Waals surface area contributed by atoms with E-state index in [2.05, 4.69) is 46.3 Å². The first-order chi connectivity index (χ1) is 9.36. The number of halogens is 1. The lowest BCUT2D eigenvalue weighted by Crippen LogP contribution is -2.14. The molecular formula is C16H15BrOS. The zero-order chi connectivity index (χ0) is 13.1. The maximum Gasteiger partial charge on any atom is 0.123 e. The molecule has 0 amide bonds. The summed E-state index contributed by atoms with van der Waals surface area (Å²) in [5, 5.41) is 1.36. The van der Waals surface area contributed by atoms with Crippen molar-refractivity contribution >= 4 is 27.7 Å². The third-order valence-corrected chi connectivity index (χ3v) is 5.15. The molecule has 0 aromatic heterocycles. The van der Waals surface area contributed by atoms with Crippen molar-refractivity contribution in [2.24, 2.45) is 0 Å². The topological polar surface area (TPSA) is 9.23 Å². The van der Waals surface area contributed by atoms with Gasteiger partial charge in [0.1, 0.15) is 12.4 Å². The Hall–Kier alpha value is -0.930. The number of hydrogen-bond acceptors (Lipinski definition) is 2. The molecule has 1 nitrogen and oxygen atoms in total. The fourth-order valence-electron chi connectivity index (χ4n) is 2.28. The van der Waals surface area contributed by atoms with E-state index in [0.29, 0.717) is 5.25 Å². The molecule has 0 aliphatic carbocycles. The summed E-state index contributed by atoms with van der Waals surface area (Å²) in [6.45, 7) is 0.767. The van der Waals surface area contributed by atoms with Crippen LogP contribution in [0, 0.1) is 0 Å². The van der Waals surface area contributed by atoms with Crippen LogP contribution in [-0.4, -0.2) is 11.9 Å². The molecule has 1 aliphatic heterocycles. The van der Waals surface area contributed by atoms with Gasteiger partial charge in [0, 0.05) is 21.0 Å². The number of ether oxygens (including phenoxy) is 1. The Bertz CT molecular complexity index is 545. The third kappa shape index (κ3) is 2.98. The van der Waals surface area contributed by atoms with Crippen molar-refractivity contribution in [1.29, 1.82) is 0 Å². The molecule has 0 fully saturated rings. The number of thioether (sulfide) groups is 1. The predicted octanol–water partition coefficient (Wildman–Crippen LogP) is 4.68. The second-order valence-corrected chi connectivity index (χ2v) is 6.51. The fourth-order valence-corrected chi connectivity index (χ4v) is 3.97. The molecule has 3 heteroatoms. The number of rotatable bonds is 4. The maximum atomic E-state index is 5.99. The van der Waals surface area contributed by atoms with Crippen molar-refractivity contribution in [3.05, 3.63) is 59.7 Å². The molecular weight excluding hydrogens is 320 g/mol. The Labute approximate surface area is 126 Å². The second kappa shape index (κ2) is 6.02. The molecule has 1 atom stereocenters. The van der Waals surface area contributed by atoms with E-state index in [-0.39, 0.29) is 0 Å². The SMILES string of the molecule is BrCc1ccccc1OCC1Cc2ccccc2S1. The summed E-state index contributed by atoms with van der Waals surface area (Å²) in [7, 11) is 0. The summed E-state index contributed by atoms with van der Waals surface area (Å²) in [6.07, 6.45) is 1.11. The molecule has 0 saturated heterocycles. The Kier molecular flexibility index (Phi) is 4.14. The standard InChI is InChI=1S/C16H15BrOS/c17-10-13-6-1-3-7-15(13)18-11-14-9-12-5-2-4-8-16(12)19-14/h1-8,14H,9-11H2. The minimum Gasteiger partial charge on any atom is -0.492 e. The lowest BCUT2D eigenvalue weighted by Gasteiger charge is -2.13. The minimum absolute atomic E-state index is 0.529. The van der Waals surface area contributed by atoms with E-state index >= 15 is 0 Å². The Morgan fingerprint density at radius 1 is 1.11 bits per heavy atom. The minimum atomic E-state index is 0.529. The van der Waals surface area contributed by atoms with Crippen LogP contribution in [-0.2, 0) is 11.8 Å². The van der Waals surface area contributed by atoms with Crippen molar-refractivity contribution in [2.45, 2.75) is 21.9 Å². The third-order valence-electron chi connectivity index (χ3n) is 3.26. The van der Waals surface area contributed by atoms with Crippen LogP contribution in [0.1, 0.15) is 11.1 Å². The second-order valence-electron chi connectivity index (χ2n) is 4.60. The molecule has 0 N–H and O–H groups in total. The van der Waals surface area contributed by atoms with E-state index in [1.54, 1.807) is 0 Å². The van der Waals surface area contributed by atoms with E-state index in [9.17, 15) is 0 Å². The van der Waals surface area contributed by atoms with Crippen LogP contribution in [0.2, 0.25) is 0 Å². The molecule has 1 heterocycles. The van der Waals surface area contributed by atoms with Crippen molar-refractivity contribution in [3.8, 4) is 5.75 Å². The largest absolute Gasteiger partial charge is 0.492 e. The zero-order valence-electron chi connectivity index (χ0n) is 10.5. The van der Waals surface area contributed by atoms with Crippen molar-refractivity contribution in [1.82, 2.24) is 0 Å². The molecule has 0 radical (unpaired) electrons. The maximum absolute atomic E-state index is 5.99. The smallest absolute Gasteiger partial charge is 0.123 e. The van der Waals surface area contributed by atoms with Crippen LogP contribution in [0.25, 0.3) is 0 Å². The molecule has 2 aromatic rings. The summed E-state index contributed by atoms with van der Waals surface area (Å²) < 4.78 is 5.99. The van der Waals surface area contributed by atoms with E-state index < -0.39 is 0 Å². The van der Waals surface area contributed by atoms with Crippen LogP contribution < -0.4 is 4.74 Å². The van der Waals surface area contributed by atoms with Gasteiger partial charge in [0.25, 0.3) is 0 Å². The summed E-state index contributed by atoms with van der Waals surface area (Å²) >= 11 is 5.43. The lowest BCUT2D eigenvalue weighted by molar-refractivity contribution is 0.315. The van der Waals surface area contributed by atoms with Crippen molar-refractivity contribution < 1.29 is 4.74 Å². The average molecular weight is 335 g/mol. The Morgan fingerprint density at radius 3 is 2.74 bits per heavy atom. The lowest BCUT2D eigenvalue weighted by atomic mass is 10.1. The number of fused-ring (bicyclic) bond motifs is 1. The van der Waals surface area contributed by atoms with Crippen LogP contribution in [0.3, 0.4) is 0 Å². The van der Waals surface area contributed by atoms with Crippen molar-refractivity contribution in [3.63, 3.8) is 0 Å². The van der Waals surface area contributed by atoms with E-state index in [1.807, 2.05) is 30.0 Å². The van der Waals surface area contributed by atoms with Crippen molar-refractivity contribution in [2.75, 3.05) is 6.61 Å². The van der Waals surface area contributed by atoms with Gasteiger partial charge < -0.3 is 4.74 Å². The molecule has 19 heavy (non-hydrogen) atoms. The average Bonchev–Trinajstić information content (AvgIpc) is 2.88. The van der Waals surface area contributed by atoms with Gasteiger partial charge in [-0.2, -0.15) is 0 Å². The van der Waals surface area contributed by atoms with Crippen LogP contribution in [0.15, 0.2) is 53.4 Å². The van der Waals surface area contributed by atoms with E-state index in [4.69, 9.17) is 4.74 Å². The Morgan fingerprint density at radius 2 is 1.89 bits per heavy atom. The van der Waals surface area contributed by atoms with Gasteiger partial charge in [-0.05, 0) is 24.1 Å². The molecule has 1 unspecified atom stereocenters. The first-order valence-corrected chi connectivity index (χ1v) is 8.38. The first-order valence-electron chi connectivity index (χ1n) is 6.38. The highest BCUT2D eigenvalue weighted by atomic mass is 79.9. The van der Waals surface area contributed by atoms with Gasteiger partial charge >= 0.3 is 0 Å². The fraction of sp³-hybridized carbons (Fsp3) is 0.250. The van der Waals surface area contributed by atoms with Crippen LogP contribution in [0.5, 0.6) is 5.75 Å². The Balaban J connectivity index is 1.63. The molecule has 0 spiro atoms. The van der Waals surface area contributed by atoms with E-state index in [1.165, 1.54) is 16.0 Å². The number of benzene rings is 2. The predicted molar refractivity (Wildman–Crippen MR) is 84.4 cm³/mol. The highest BCUT2D eigenvalue weighted by Gasteiger charge is 2.22. The highest BCUT2D eigenvalue weighted by molar-refractivity contribution is 9.08. The van der Waals surface area contributed by atoms with Gasteiger partial charge in [-0.1, -0.05) is 52.3 Å². The normalized spacial score (nSPS) is 17.2. The quantitative estimate of drug-likeness (QED) is 0.751. The van der Waals surface area contributed by atoms with Gasteiger partial charge in [0.2, 0.25) is 0 Å².